The molecule has 1 aliphatic heterocycles. The minimum atomic E-state index is -1.11. The number of rotatable bonds is 2. The highest BCUT2D eigenvalue weighted by Gasteiger charge is 2.65. The van der Waals surface area contributed by atoms with Crippen LogP contribution in [0.2, 0.25) is 0 Å². The lowest BCUT2D eigenvalue weighted by molar-refractivity contribution is -0.167. The first kappa shape index (κ1) is 19.3. The third-order valence-electron chi connectivity index (χ3n) is 7.45. The molecule has 2 bridgehead atoms. The molecule has 2 fully saturated rings. The molecule has 5 nitrogen and oxygen atoms in total. The SMILES string of the molecule is Cc1ccc2c(c1)[C@]13CCN(C(=O)OCc4ccccc4)[C@H](C2)[C@]1(O)CCC(=O)C3. The van der Waals surface area contributed by atoms with Crippen molar-refractivity contribution in [1.29, 1.82) is 0 Å². The van der Waals surface area contributed by atoms with Crippen molar-refractivity contribution in [3.05, 3.63) is 70.8 Å². The van der Waals surface area contributed by atoms with Crippen molar-refractivity contribution in [2.75, 3.05) is 6.54 Å². The number of likely N-dealkylation sites (tertiary alicyclic amines) is 1. The molecule has 0 unspecified atom stereocenters. The van der Waals surface area contributed by atoms with Crippen molar-refractivity contribution in [3.63, 3.8) is 0 Å². The van der Waals surface area contributed by atoms with E-state index in [9.17, 15) is 14.7 Å². The van der Waals surface area contributed by atoms with Crippen LogP contribution in [0.15, 0.2) is 48.5 Å². The van der Waals surface area contributed by atoms with Crippen LogP contribution in [-0.2, 0) is 28.0 Å². The predicted octanol–water partition coefficient (Wildman–Crippen LogP) is 3.68. The Kier molecular flexibility index (Phi) is 4.47. The number of benzene rings is 2. The summed E-state index contributed by atoms with van der Waals surface area (Å²) < 4.78 is 5.62. The summed E-state index contributed by atoms with van der Waals surface area (Å²) in [6.07, 6.45) is 1.88. The van der Waals surface area contributed by atoms with Crippen LogP contribution >= 0.6 is 0 Å². The zero-order chi connectivity index (χ0) is 20.9. The third kappa shape index (κ3) is 2.79. The molecule has 5 heteroatoms. The number of fused-ring (bicyclic) bond motifs is 1. The molecular weight excluding hydrogens is 378 g/mol. The van der Waals surface area contributed by atoms with Gasteiger partial charge in [-0.25, -0.2) is 4.79 Å². The first-order valence-electron chi connectivity index (χ1n) is 10.7. The Morgan fingerprint density at radius 2 is 2.00 bits per heavy atom. The van der Waals surface area contributed by atoms with Gasteiger partial charge in [0, 0.05) is 24.8 Å². The fraction of sp³-hybridized carbons (Fsp3) is 0.440. The van der Waals surface area contributed by atoms with Gasteiger partial charge in [-0.1, -0.05) is 54.1 Å². The van der Waals surface area contributed by atoms with Gasteiger partial charge in [-0.15, -0.1) is 0 Å². The topological polar surface area (TPSA) is 66.8 Å². The van der Waals surface area contributed by atoms with Gasteiger partial charge < -0.3 is 14.7 Å². The van der Waals surface area contributed by atoms with Crippen LogP contribution in [-0.4, -0.2) is 40.1 Å². The van der Waals surface area contributed by atoms with E-state index >= 15 is 0 Å². The van der Waals surface area contributed by atoms with Gasteiger partial charge in [-0.05, 0) is 42.9 Å². The molecule has 156 valence electrons. The number of carbonyl (C=O) groups excluding carboxylic acids is 2. The summed E-state index contributed by atoms with van der Waals surface area (Å²) in [6, 6.07) is 15.5. The van der Waals surface area contributed by atoms with Crippen LogP contribution in [0, 0.1) is 6.92 Å². The normalized spacial score (nSPS) is 29.7. The summed E-state index contributed by atoms with van der Waals surface area (Å²) in [4.78, 5) is 27.3. The second kappa shape index (κ2) is 6.95. The lowest BCUT2D eigenvalue weighted by atomic mass is 9.49. The van der Waals surface area contributed by atoms with Gasteiger partial charge in [0.25, 0.3) is 0 Å². The van der Waals surface area contributed by atoms with Crippen LogP contribution in [0.1, 0.15) is 47.9 Å². The molecule has 0 radical (unpaired) electrons. The number of nitrogens with zero attached hydrogens (tertiary/aromatic N) is 1. The number of hydrogen-bond donors (Lipinski definition) is 1. The van der Waals surface area contributed by atoms with Gasteiger partial charge in [0.05, 0.1) is 11.6 Å². The first-order valence-corrected chi connectivity index (χ1v) is 10.7. The molecule has 5 rings (SSSR count). The molecule has 2 aromatic carbocycles. The number of aryl methyl sites for hydroxylation is 1. The van der Waals surface area contributed by atoms with E-state index in [0.29, 0.717) is 38.6 Å². The highest BCUT2D eigenvalue weighted by atomic mass is 16.6. The molecule has 30 heavy (non-hydrogen) atoms. The van der Waals surface area contributed by atoms with E-state index in [0.717, 1.165) is 22.3 Å². The number of ether oxygens (including phenoxy) is 1. The lowest BCUT2D eigenvalue weighted by Gasteiger charge is -2.62. The largest absolute Gasteiger partial charge is 0.445 e. The molecule has 1 amide bonds. The summed E-state index contributed by atoms with van der Waals surface area (Å²) in [5.74, 6) is 0.202. The monoisotopic (exact) mass is 405 g/mol. The molecule has 2 aromatic rings. The number of Topliss-reactive ketones (excluding diaryl/α,β-unsaturated/α-hetero) is 1. The van der Waals surface area contributed by atoms with E-state index in [1.165, 1.54) is 0 Å². The number of aliphatic hydroxyl groups is 1. The Morgan fingerprint density at radius 1 is 1.20 bits per heavy atom. The number of amides is 1. The van der Waals surface area contributed by atoms with E-state index < -0.39 is 17.1 Å². The standard InChI is InChI=1S/C25H27NO4/c1-17-7-8-19-14-22-25(29)10-9-20(27)15-24(25,21(19)13-17)11-12-26(22)23(28)30-16-18-5-3-2-4-6-18/h2-8,13,22,29H,9-12,14-16H2,1H3/t22-,24-,25-/m1/s1. The smallest absolute Gasteiger partial charge is 0.410 e. The number of carbonyl (C=O) groups is 2. The minimum Gasteiger partial charge on any atom is -0.445 e. The molecule has 0 aromatic heterocycles. The summed E-state index contributed by atoms with van der Waals surface area (Å²) in [5.41, 5.74) is 2.58. The molecule has 3 atom stereocenters. The van der Waals surface area contributed by atoms with Crippen LogP contribution in [0.5, 0.6) is 0 Å². The summed E-state index contributed by atoms with van der Waals surface area (Å²) in [5, 5.41) is 12.0. The van der Waals surface area contributed by atoms with Gasteiger partial charge in [-0.2, -0.15) is 0 Å². The Labute approximate surface area is 176 Å². The third-order valence-corrected chi connectivity index (χ3v) is 7.45. The average Bonchev–Trinajstić information content (AvgIpc) is 2.74. The Morgan fingerprint density at radius 3 is 2.80 bits per heavy atom. The minimum absolute atomic E-state index is 0.202. The molecule has 1 saturated heterocycles. The van der Waals surface area contributed by atoms with Gasteiger partial charge in [0.15, 0.2) is 0 Å². The maximum Gasteiger partial charge on any atom is 0.410 e. The summed E-state index contributed by atoms with van der Waals surface area (Å²) in [6.45, 7) is 2.74. The fourth-order valence-electron chi connectivity index (χ4n) is 5.95. The zero-order valence-electron chi connectivity index (χ0n) is 17.3. The highest BCUT2D eigenvalue weighted by Crippen LogP contribution is 2.57. The highest BCUT2D eigenvalue weighted by molar-refractivity contribution is 5.83. The molecule has 1 N–H and O–H groups in total. The van der Waals surface area contributed by atoms with Crippen molar-refractivity contribution >= 4 is 11.9 Å². The van der Waals surface area contributed by atoms with Crippen molar-refractivity contribution in [3.8, 4) is 0 Å². The predicted molar refractivity (Wildman–Crippen MR) is 112 cm³/mol. The van der Waals surface area contributed by atoms with Gasteiger partial charge in [0.1, 0.15) is 12.4 Å². The molecule has 2 aliphatic carbocycles. The Balaban J connectivity index is 1.49. The van der Waals surface area contributed by atoms with E-state index in [4.69, 9.17) is 4.74 Å². The molecule has 3 aliphatic rings. The average molecular weight is 405 g/mol. The maximum absolute atomic E-state index is 13.0. The van der Waals surface area contributed by atoms with Crippen molar-refractivity contribution in [2.45, 2.75) is 62.7 Å². The number of hydrogen-bond acceptors (Lipinski definition) is 4. The van der Waals surface area contributed by atoms with Gasteiger partial charge in [0.2, 0.25) is 0 Å². The molecular formula is C25H27NO4. The Hall–Kier alpha value is -2.66. The lowest BCUT2D eigenvalue weighted by Crippen LogP contribution is -2.74. The number of ketones is 1. The maximum atomic E-state index is 13.0. The van der Waals surface area contributed by atoms with Crippen molar-refractivity contribution in [1.82, 2.24) is 4.90 Å². The van der Waals surface area contributed by atoms with E-state index in [1.54, 1.807) is 4.90 Å². The van der Waals surface area contributed by atoms with Gasteiger partial charge in [-0.3, -0.25) is 4.79 Å². The van der Waals surface area contributed by atoms with Crippen molar-refractivity contribution in [2.24, 2.45) is 0 Å². The van der Waals surface area contributed by atoms with E-state index in [2.05, 4.69) is 18.2 Å². The molecule has 1 saturated carbocycles. The summed E-state index contributed by atoms with van der Waals surface area (Å²) in [7, 11) is 0. The van der Waals surface area contributed by atoms with E-state index in [-0.39, 0.29) is 18.4 Å². The first-order chi connectivity index (χ1) is 14.4. The molecule has 0 spiro atoms. The second-order valence-corrected chi connectivity index (χ2v) is 9.09. The number of piperidine rings is 1. The van der Waals surface area contributed by atoms with Crippen molar-refractivity contribution < 1.29 is 19.4 Å². The Bertz CT molecular complexity index is 1000. The quantitative estimate of drug-likeness (QED) is 0.828. The summed E-state index contributed by atoms with van der Waals surface area (Å²) >= 11 is 0. The van der Waals surface area contributed by atoms with E-state index in [1.807, 2.05) is 37.3 Å². The molecule has 1 heterocycles. The zero-order valence-corrected chi connectivity index (χ0v) is 17.3. The van der Waals surface area contributed by atoms with Crippen LogP contribution < -0.4 is 0 Å². The van der Waals surface area contributed by atoms with Gasteiger partial charge >= 0.3 is 6.09 Å². The fourth-order valence-corrected chi connectivity index (χ4v) is 5.95. The van der Waals surface area contributed by atoms with Crippen LogP contribution in [0.4, 0.5) is 4.79 Å². The van der Waals surface area contributed by atoms with Crippen LogP contribution in [0.3, 0.4) is 0 Å². The second-order valence-electron chi connectivity index (χ2n) is 9.09. The van der Waals surface area contributed by atoms with Crippen LogP contribution in [0.25, 0.3) is 0 Å².